The molecule has 2 fully saturated rings. The Morgan fingerprint density at radius 3 is 3.05 bits per heavy atom. The Morgan fingerprint density at radius 2 is 2.32 bits per heavy atom. The number of thiophene rings is 1. The molecule has 104 valence electrons. The zero-order valence-corrected chi connectivity index (χ0v) is 11.8. The number of carboxylic acid groups (broad SMARTS) is 1. The minimum Gasteiger partial charge on any atom is -0.477 e. The molecule has 3 rings (SSSR count). The number of hydrogen-bond acceptors (Lipinski definition) is 4. The zero-order valence-electron chi connectivity index (χ0n) is 11.0. The van der Waals surface area contributed by atoms with Crippen LogP contribution in [0.5, 0.6) is 0 Å². The molecule has 0 amide bonds. The number of carbonyl (C=O) groups is 1. The second-order valence-electron chi connectivity index (χ2n) is 5.59. The molecule has 0 aromatic carbocycles. The van der Waals surface area contributed by atoms with Crippen LogP contribution in [0, 0.1) is 5.92 Å². The standard InChI is InChI=1S/C14H20N2O2S/c17-14(18)13-11(4-6-19-13)8-15-7-10-3-5-16(9-10)12-1-2-12/h4,6,10,12,15H,1-3,5,7-9H2,(H,17,18). The van der Waals surface area contributed by atoms with Crippen molar-refractivity contribution >= 4 is 17.3 Å². The second kappa shape index (κ2) is 5.61. The van der Waals surface area contributed by atoms with E-state index in [1.807, 2.05) is 11.4 Å². The third-order valence-electron chi connectivity index (χ3n) is 4.07. The molecule has 4 nitrogen and oxygen atoms in total. The number of rotatable bonds is 6. The molecule has 1 saturated heterocycles. The zero-order chi connectivity index (χ0) is 13.2. The van der Waals surface area contributed by atoms with Gasteiger partial charge in [0.2, 0.25) is 0 Å². The van der Waals surface area contributed by atoms with E-state index < -0.39 is 5.97 Å². The van der Waals surface area contributed by atoms with Crippen LogP contribution in [0.25, 0.3) is 0 Å². The van der Waals surface area contributed by atoms with Gasteiger partial charge < -0.3 is 15.3 Å². The summed E-state index contributed by atoms with van der Waals surface area (Å²) in [7, 11) is 0. The summed E-state index contributed by atoms with van der Waals surface area (Å²) in [6.45, 7) is 4.13. The summed E-state index contributed by atoms with van der Waals surface area (Å²) in [6, 6.07) is 2.78. The van der Waals surface area contributed by atoms with Crippen molar-refractivity contribution in [2.75, 3.05) is 19.6 Å². The first-order valence-electron chi connectivity index (χ1n) is 6.98. The van der Waals surface area contributed by atoms with E-state index in [-0.39, 0.29) is 0 Å². The molecule has 1 saturated carbocycles. The van der Waals surface area contributed by atoms with Gasteiger partial charge in [-0.05, 0) is 55.3 Å². The van der Waals surface area contributed by atoms with Crippen molar-refractivity contribution in [2.24, 2.45) is 5.92 Å². The maximum Gasteiger partial charge on any atom is 0.346 e. The number of nitrogens with zero attached hydrogens (tertiary/aromatic N) is 1. The van der Waals surface area contributed by atoms with E-state index in [1.54, 1.807) is 0 Å². The fourth-order valence-electron chi connectivity index (χ4n) is 2.87. The topological polar surface area (TPSA) is 52.6 Å². The number of likely N-dealkylation sites (tertiary alicyclic amines) is 1. The molecule has 1 atom stereocenters. The van der Waals surface area contributed by atoms with Gasteiger partial charge in [0.15, 0.2) is 0 Å². The third kappa shape index (κ3) is 3.16. The lowest BCUT2D eigenvalue weighted by atomic mass is 10.1. The van der Waals surface area contributed by atoms with Crippen LogP contribution in [0.1, 0.15) is 34.5 Å². The van der Waals surface area contributed by atoms with Gasteiger partial charge in [0, 0.05) is 19.1 Å². The van der Waals surface area contributed by atoms with Crippen LogP contribution in [0.15, 0.2) is 11.4 Å². The summed E-state index contributed by atoms with van der Waals surface area (Å²) in [6.07, 6.45) is 4.05. The Balaban J connectivity index is 1.43. The predicted molar refractivity (Wildman–Crippen MR) is 75.7 cm³/mol. The Hall–Kier alpha value is -0.910. The number of hydrogen-bond donors (Lipinski definition) is 2. The number of nitrogens with one attached hydrogen (secondary N) is 1. The molecule has 2 aliphatic rings. The maximum absolute atomic E-state index is 11.0. The van der Waals surface area contributed by atoms with Gasteiger partial charge in [-0.1, -0.05) is 0 Å². The molecule has 1 aromatic rings. The Bertz CT molecular complexity index is 456. The predicted octanol–water partition coefficient (Wildman–Crippen LogP) is 2.02. The Kier molecular flexibility index (Phi) is 3.86. The first-order chi connectivity index (χ1) is 9.24. The van der Waals surface area contributed by atoms with Crippen molar-refractivity contribution in [1.29, 1.82) is 0 Å². The van der Waals surface area contributed by atoms with Crippen molar-refractivity contribution in [3.05, 3.63) is 21.9 Å². The van der Waals surface area contributed by atoms with Crippen molar-refractivity contribution in [2.45, 2.75) is 31.8 Å². The van der Waals surface area contributed by atoms with Crippen molar-refractivity contribution < 1.29 is 9.90 Å². The number of carboxylic acids is 1. The van der Waals surface area contributed by atoms with E-state index in [2.05, 4.69) is 10.2 Å². The SMILES string of the molecule is O=C(O)c1sccc1CNCC1CCN(C2CC2)C1. The monoisotopic (exact) mass is 280 g/mol. The molecule has 5 heteroatoms. The Morgan fingerprint density at radius 1 is 1.47 bits per heavy atom. The van der Waals surface area contributed by atoms with E-state index in [0.717, 1.165) is 24.1 Å². The lowest BCUT2D eigenvalue weighted by molar-refractivity contribution is 0.0701. The maximum atomic E-state index is 11.0. The summed E-state index contributed by atoms with van der Waals surface area (Å²) < 4.78 is 0. The van der Waals surface area contributed by atoms with Crippen LogP contribution in [0.3, 0.4) is 0 Å². The summed E-state index contributed by atoms with van der Waals surface area (Å²) in [5.74, 6) is -0.0833. The smallest absolute Gasteiger partial charge is 0.346 e. The molecular formula is C14H20N2O2S. The van der Waals surface area contributed by atoms with Gasteiger partial charge in [-0.2, -0.15) is 0 Å². The van der Waals surface area contributed by atoms with Crippen LogP contribution in [-0.4, -0.2) is 41.7 Å². The summed E-state index contributed by atoms with van der Waals surface area (Å²) >= 11 is 1.31. The van der Waals surface area contributed by atoms with E-state index in [0.29, 0.717) is 11.4 Å². The van der Waals surface area contributed by atoms with Gasteiger partial charge in [0.25, 0.3) is 0 Å². The molecule has 0 bridgehead atoms. The average Bonchev–Trinajstić information content (AvgIpc) is 2.95. The fraction of sp³-hybridized carbons (Fsp3) is 0.643. The van der Waals surface area contributed by atoms with Gasteiger partial charge >= 0.3 is 5.97 Å². The third-order valence-corrected chi connectivity index (χ3v) is 5.01. The minimum absolute atomic E-state index is 0.471. The normalized spacial score (nSPS) is 23.9. The second-order valence-corrected chi connectivity index (χ2v) is 6.51. The lowest BCUT2D eigenvalue weighted by Gasteiger charge is -2.15. The quantitative estimate of drug-likeness (QED) is 0.837. The first-order valence-corrected chi connectivity index (χ1v) is 7.86. The average molecular weight is 280 g/mol. The van der Waals surface area contributed by atoms with Gasteiger partial charge in [-0.25, -0.2) is 4.79 Å². The van der Waals surface area contributed by atoms with E-state index in [4.69, 9.17) is 5.11 Å². The van der Waals surface area contributed by atoms with Crippen LogP contribution in [-0.2, 0) is 6.54 Å². The van der Waals surface area contributed by atoms with Crippen LogP contribution < -0.4 is 5.32 Å². The first kappa shape index (κ1) is 13.1. The Labute approximate surface area is 117 Å². The van der Waals surface area contributed by atoms with Crippen molar-refractivity contribution in [3.63, 3.8) is 0 Å². The van der Waals surface area contributed by atoms with Crippen LogP contribution in [0.4, 0.5) is 0 Å². The molecule has 0 radical (unpaired) electrons. The van der Waals surface area contributed by atoms with E-state index in [9.17, 15) is 4.79 Å². The highest BCUT2D eigenvalue weighted by Gasteiger charge is 2.33. The number of aromatic carboxylic acids is 1. The summed E-state index contributed by atoms with van der Waals surface area (Å²) in [5, 5.41) is 14.3. The molecule has 0 spiro atoms. The molecule has 2 heterocycles. The largest absolute Gasteiger partial charge is 0.477 e. The molecule has 19 heavy (non-hydrogen) atoms. The van der Waals surface area contributed by atoms with Crippen molar-refractivity contribution in [3.8, 4) is 0 Å². The van der Waals surface area contributed by atoms with Crippen LogP contribution >= 0.6 is 11.3 Å². The molecule has 2 N–H and O–H groups in total. The highest BCUT2D eigenvalue weighted by molar-refractivity contribution is 7.12. The molecule has 1 aliphatic carbocycles. The summed E-state index contributed by atoms with van der Waals surface area (Å²) in [5.41, 5.74) is 0.912. The van der Waals surface area contributed by atoms with E-state index >= 15 is 0 Å². The van der Waals surface area contributed by atoms with Gasteiger partial charge in [0.1, 0.15) is 4.88 Å². The molecular weight excluding hydrogens is 260 g/mol. The minimum atomic E-state index is -0.812. The summed E-state index contributed by atoms with van der Waals surface area (Å²) in [4.78, 5) is 14.1. The highest BCUT2D eigenvalue weighted by Crippen LogP contribution is 2.31. The molecule has 1 aliphatic heterocycles. The highest BCUT2D eigenvalue weighted by atomic mass is 32.1. The van der Waals surface area contributed by atoms with Crippen LogP contribution in [0.2, 0.25) is 0 Å². The van der Waals surface area contributed by atoms with E-state index in [1.165, 1.54) is 43.7 Å². The molecule has 1 aromatic heterocycles. The van der Waals surface area contributed by atoms with Gasteiger partial charge in [-0.15, -0.1) is 11.3 Å². The fourth-order valence-corrected chi connectivity index (χ4v) is 3.63. The van der Waals surface area contributed by atoms with Gasteiger partial charge in [-0.3, -0.25) is 0 Å². The molecule has 1 unspecified atom stereocenters. The van der Waals surface area contributed by atoms with Crippen molar-refractivity contribution in [1.82, 2.24) is 10.2 Å². The van der Waals surface area contributed by atoms with Gasteiger partial charge in [0.05, 0.1) is 0 Å². The lowest BCUT2D eigenvalue weighted by Crippen LogP contribution is -2.27.